The van der Waals surface area contributed by atoms with Gasteiger partial charge in [-0.15, -0.1) is 0 Å². The van der Waals surface area contributed by atoms with E-state index in [1.54, 1.807) is 35.0 Å². The van der Waals surface area contributed by atoms with Crippen LogP contribution in [0, 0.1) is 11.7 Å². The first-order valence-corrected chi connectivity index (χ1v) is 10.4. The summed E-state index contributed by atoms with van der Waals surface area (Å²) in [6, 6.07) is 9.48. The van der Waals surface area contributed by atoms with Crippen LogP contribution >= 0.6 is 0 Å². The minimum absolute atomic E-state index is 0.00640. The quantitative estimate of drug-likeness (QED) is 0.656. The van der Waals surface area contributed by atoms with Crippen molar-refractivity contribution >= 4 is 11.8 Å². The number of rotatable bonds is 7. The Morgan fingerprint density at radius 2 is 1.69 bits per heavy atom. The second kappa shape index (κ2) is 9.89. The van der Waals surface area contributed by atoms with Crippen molar-refractivity contribution in [1.29, 1.82) is 0 Å². The van der Waals surface area contributed by atoms with E-state index in [1.165, 1.54) is 39.5 Å². The lowest BCUT2D eigenvalue weighted by atomic mass is 9.87. The number of amides is 2. The maximum absolute atomic E-state index is 14.3. The third-order valence-electron chi connectivity index (χ3n) is 5.99. The van der Waals surface area contributed by atoms with E-state index in [-0.39, 0.29) is 30.5 Å². The summed E-state index contributed by atoms with van der Waals surface area (Å²) in [7, 11) is 6.30. The largest absolute Gasteiger partial charge is 0.493 e. The molecule has 0 bridgehead atoms. The molecule has 2 amide bonds. The molecule has 3 rings (SSSR count). The number of ether oxygens (including phenoxy) is 3. The van der Waals surface area contributed by atoms with E-state index in [0.29, 0.717) is 23.8 Å². The molecule has 0 radical (unpaired) electrons. The van der Waals surface area contributed by atoms with Crippen LogP contribution in [0.4, 0.5) is 4.39 Å². The van der Waals surface area contributed by atoms with Crippen molar-refractivity contribution in [3.05, 3.63) is 53.3 Å². The van der Waals surface area contributed by atoms with Crippen LogP contribution in [0.3, 0.4) is 0 Å². The normalized spacial score (nSPS) is 17.8. The zero-order valence-corrected chi connectivity index (χ0v) is 19.1. The van der Waals surface area contributed by atoms with Gasteiger partial charge in [-0.3, -0.25) is 9.59 Å². The molecule has 0 aliphatic carbocycles. The molecule has 0 N–H and O–H groups in total. The van der Waals surface area contributed by atoms with Gasteiger partial charge in [0.25, 0.3) is 5.91 Å². The Morgan fingerprint density at radius 1 is 1.06 bits per heavy atom. The fraction of sp³-hybridized carbons (Fsp3) is 0.417. The molecular formula is C24H29FN2O5. The summed E-state index contributed by atoms with van der Waals surface area (Å²) in [4.78, 5) is 29.5. The molecule has 8 heteroatoms. The number of hydrogen-bond donors (Lipinski definition) is 0. The smallest absolute Gasteiger partial charge is 0.256 e. The van der Waals surface area contributed by atoms with Gasteiger partial charge in [-0.25, -0.2) is 4.39 Å². The first-order chi connectivity index (χ1) is 15.4. The molecule has 2 aromatic carbocycles. The van der Waals surface area contributed by atoms with Gasteiger partial charge in [-0.05, 0) is 36.8 Å². The van der Waals surface area contributed by atoms with Crippen molar-refractivity contribution in [2.24, 2.45) is 5.92 Å². The van der Waals surface area contributed by atoms with Crippen molar-refractivity contribution in [2.75, 3.05) is 48.0 Å². The molecule has 2 aromatic rings. The van der Waals surface area contributed by atoms with Gasteiger partial charge in [-0.1, -0.05) is 12.1 Å². The number of hydrogen-bond acceptors (Lipinski definition) is 5. The molecule has 7 nitrogen and oxygen atoms in total. The monoisotopic (exact) mass is 444 g/mol. The average molecular weight is 445 g/mol. The number of likely N-dealkylation sites (tertiary alicyclic amines) is 1. The minimum Gasteiger partial charge on any atom is -0.493 e. The van der Waals surface area contributed by atoms with E-state index in [2.05, 4.69) is 0 Å². The highest BCUT2D eigenvalue weighted by atomic mass is 19.1. The summed E-state index contributed by atoms with van der Waals surface area (Å²) in [5, 5.41) is 0. The summed E-state index contributed by atoms with van der Waals surface area (Å²) >= 11 is 0. The summed E-state index contributed by atoms with van der Waals surface area (Å²) in [6.45, 7) is 2.89. The highest BCUT2D eigenvalue weighted by Gasteiger charge is 2.42. The van der Waals surface area contributed by atoms with E-state index in [1.807, 2.05) is 6.92 Å². The fourth-order valence-electron chi connectivity index (χ4n) is 4.12. The number of carbonyl (C=O) groups excluding carboxylic acids is 2. The second-order valence-corrected chi connectivity index (χ2v) is 7.71. The Morgan fingerprint density at radius 3 is 2.22 bits per heavy atom. The van der Waals surface area contributed by atoms with Crippen molar-refractivity contribution in [1.82, 2.24) is 9.80 Å². The van der Waals surface area contributed by atoms with Crippen LogP contribution in [0.2, 0.25) is 0 Å². The first kappa shape index (κ1) is 23.4. The Bertz CT molecular complexity index is 971. The van der Waals surface area contributed by atoms with Crippen LogP contribution in [0.1, 0.15) is 28.8 Å². The SMILES string of the molecule is CCN(C)C(=O)[C@@H]1CN(C(=O)c2ccccc2F)C[C@@H]1c1cc(OC)c(OC)c(OC)c1. The van der Waals surface area contributed by atoms with E-state index < -0.39 is 17.6 Å². The summed E-state index contributed by atoms with van der Waals surface area (Å²) in [5.41, 5.74) is 0.777. The topological polar surface area (TPSA) is 68.3 Å². The van der Waals surface area contributed by atoms with Crippen molar-refractivity contribution in [3.8, 4) is 17.2 Å². The standard InChI is InChI=1S/C24H29FN2O5/c1-6-26(2)23(28)18-14-27(24(29)16-9-7-8-10-19(16)25)13-17(18)15-11-20(30-3)22(32-5)21(12-15)31-4/h7-12,17-18H,6,13-14H2,1-5H3/t17-,18-/m1/s1. The molecule has 0 saturated carbocycles. The lowest BCUT2D eigenvalue weighted by molar-refractivity contribution is -0.133. The van der Waals surface area contributed by atoms with E-state index in [4.69, 9.17) is 14.2 Å². The van der Waals surface area contributed by atoms with E-state index in [0.717, 1.165) is 5.56 Å². The molecular weight excluding hydrogens is 415 g/mol. The van der Waals surface area contributed by atoms with Crippen LogP contribution in [0.15, 0.2) is 36.4 Å². The molecule has 172 valence electrons. The lowest BCUT2D eigenvalue weighted by Crippen LogP contribution is -2.37. The minimum atomic E-state index is -0.581. The van der Waals surface area contributed by atoms with Crippen LogP contribution in [-0.4, -0.2) is 69.6 Å². The number of methoxy groups -OCH3 is 3. The number of halogens is 1. The highest BCUT2D eigenvalue weighted by Crippen LogP contribution is 2.43. The molecule has 0 aromatic heterocycles. The maximum atomic E-state index is 14.3. The predicted molar refractivity (Wildman–Crippen MR) is 118 cm³/mol. The molecule has 1 aliphatic rings. The molecule has 2 atom stereocenters. The molecule has 32 heavy (non-hydrogen) atoms. The van der Waals surface area contributed by atoms with Gasteiger partial charge in [0.15, 0.2) is 11.5 Å². The van der Waals surface area contributed by atoms with Gasteiger partial charge in [0, 0.05) is 32.6 Å². The number of carbonyl (C=O) groups is 2. The van der Waals surface area contributed by atoms with Crippen molar-refractivity contribution in [2.45, 2.75) is 12.8 Å². The molecule has 1 heterocycles. The van der Waals surface area contributed by atoms with Crippen LogP contribution in [0.25, 0.3) is 0 Å². The Labute approximate surface area is 187 Å². The fourth-order valence-corrected chi connectivity index (χ4v) is 4.12. The van der Waals surface area contributed by atoms with Crippen molar-refractivity contribution < 1.29 is 28.2 Å². The van der Waals surface area contributed by atoms with Gasteiger partial charge < -0.3 is 24.0 Å². The van der Waals surface area contributed by atoms with Gasteiger partial charge in [-0.2, -0.15) is 0 Å². The lowest BCUT2D eigenvalue weighted by Gasteiger charge is -2.24. The number of nitrogens with zero attached hydrogens (tertiary/aromatic N) is 2. The van der Waals surface area contributed by atoms with Crippen LogP contribution < -0.4 is 14.2 Å². The molecule has 0 unspecified atom stereocenters. The molecule has 1 fully saturated rings. The third-order valence-corrected chi connectivity index (χ3v) is 5.99. The maximum Gasteiger partial charge on any atom is 0.256 e. The summed E-state index contributed by atoms with van der Waals surface area (Å²) < 4.78 is 30.6. The van der Waals surface area contributed by atoms with E-state index in [9.17, 15) is 14.0 Å². The Balaban J connectivity index is 2.03. The highest BCUT2D eigenvalue weighted by molar-refractivity contribution is 5.95. The predicted octanol–water partition coefficient (Wildman–Crippen LogP) is 3.19. The zero-order valence-electron chi connectivity index (χ0n) is 19.1. The summed E-state index contributed by atoms with van der Waals surface area (Å²) in [5.74, 6) is -0.511. The van der Waals surface area contributed by atoms with Gasteiger partial charge in [0.05, 0.1) is 32.8 Å². The molecule has 1 saturated heterocycles. The second-order valence-electron chi connectivity index (χ2n) is 7.71. The Hall–Kier alpha value is -3.29. The van der Waals surface area contributed by atoms with Crippen LogP contribution in [-0.2, 0) is 4.79 Å². The molecule has 0 spiro atoms. The van der Waals surface area contributed by atoms with Crippen molar-refractivity contribution in [3.63, 3.8) is 0 Å². The first-order valence-electron chi connectivity index (χ1n) is 10.4. The number of benzene rings is 2. The summed E-state index contributed by atoms with van der Waals surface area (Å²) in [6.07, 6.45) is 0. The van der Waals surface area contributed by atoms with Gasteiger partial charge >= 0.3 is 0 Å². The van der Waals surface area contributed by atoms with Gasteiger partial charge in [0.1, 0.15) is 5.82 Å². The zero-order chi connectivity index (χ0) is 23.4. The molecule has 1 aliphatic heterocycles. The average Bonchev–Trinajstić information content (AvgIpc) is 3.27. The Kier molecular flexibility index (Phi) is 7.22. The van der Waals surface area contributed by atoms with Crippen LogP contribution in [0.5, 0.6) is 17.2 Å². The van der Waals surface area contributed by atoms with E-state index >= 15 is 0 Å². The van der Waals surface area contributed by atoms with Gasteiger partial charge in [0.2, 0.25) is 11.7 Å². The third kappa shape index (κ3) is 4.35.